The number of rotatable bonds is 5. The average Bonchev–Trinajstić information content (AvgIpc) is 3.45. The highest BCUT2D eigenvalue weighted by molar-refractivity contribution is 7.15. The minimum absolute atomic E-state index is 0.171. The van der Waals surface area contributed by atoms with Crippen LogP contribution in [0.25, 0.3) is 16.1 Å². The Labute approximate surface area is 178 Å². The lowest BCUT2D eigenvalue weighted by atomic mass is 10.2. The predicted octanol–water partition coefficient (Wildman–Crippen LogP) is 3.85. The molecule has 4 aromatic rings. The summed E-state index contributed by atoms with van der Waals surface area (Å²) in [7, 11) is 0. The number of para-hydroxylation sites is 1. The van der Waals surface area contributed by atoms with Crippen molar-refractivity contribution < 1.29 is 4.39 Å². The molecule has 1 saturated heterocycles. The number of thiophene rings is 1. The van der Waals surface area contributed by atoms with Gasteiger partial charge in [0.25, 0.3) is 0 Å². The van der Waals surface area contributed by atoms with E-state index < -0.39 is 0 Å². The Balaban J connectivity index is 1.23. The van der Waals surface area contributed by atoms with Gasteiger partial charge in [0, 0.05) is 48.0 Å². The number of halogens is 1. The van der Waals surface area contributed by atoms with E-state index >= 15 is 0 Å². The first-order chi connectivity index (χ1) is 14.8. The standard InChI is InChI=1S/C22H21FN6S/c23-20-9-5-4-8-19(20)21-11-10-18(30-21)16-27-12-14-28(15-13-27)22-24-25-26-29(22)17-6-2-1-3-7-17/h1-11H,12-16H2. The molecule has 0 aliphatic carbocycles. The average molecular weight is 421 g/mol. The van der Waals surface area contributed by atoms with Crippen LogP contribution in [-0.2, 0) is 6.54 Å². The number of piperazine rings is 1. The maximum absolute atomic E-state index is 14.0. The zero-order valence-electron chi connectivity index (χ0n) is 16.4. The number of hydrogen-bond acceptors (Lipinski definition) is 6. The summed E-state index contributed by atoms with van der Waals surface area (Å²) in [4.78, 5) is 6.87. The van der Waals surface area contributed by atoms with E-state index in [1.807, 2.05) is 48.5 Å². The number of anilines is 1. The number of aromatic nitrogens is 4. The zero-order valence-corrected chi connectivity index (χ0v) is 17.2. The zero-order chi connectivity index (χ0) is 20.3. The summed E-state index contributed by atoms with van der Waals surface area (Å²) in [5.74, 6) is 0.606. The highest BCUT2D eigenvalue weighted by Gasteiger charge is 2.22. The third-order valence-electron chi connectivity index (χ3n) is 5.29. The van der Waals surface area contributed by atoms with Crippen molar-refractivity contribution in [3.05, 3.63) is 77.4 Å². The van der Waals surface area contributed by atoms with Gasteiger partial charge in [-0.3, -0.25) is 4.90 Å². The largest absolute Gasteiger partial charge is 0.337 e. The molecule has 5 rings (SSSR count). The fourth-order valence-electron chi connectivity index (χ4n) is 3.71. The number of hydrogen-bond donors (Lipinski definition) is 0. The molecule has 0 N–H and O–H groups in total. The minimum atomic E-state index is -0.171. The molecule has 3 heterocycles. The first-order valence-electron chi connectivity index (χ1n) is 9.93. The highest BCUT2D eigenvalue weighted by Crippen LogP contribution is 2.31. The molecule has 0 saturated carbocycles. The summed E-state index contributed by atoms with van der Waals surface area (Å²) in [6, 6.07) is 21.0. The Bertz CT molecular complexity index is 1120. The topological polar surface area (TPSA) is 50.1 Å². The molecule has 0 unspecified atom stereocenters. The summed E-state index contributed by atoms with van der Waals surface area (Å²) in [5.41, 5.74) is 1.63. The molecule has 0 bridgehead atoms. The number of benzene rings is 2. The van der Waals surface area contributed by atoms with Gasteiger partial charge in [0.15, 0.2) is 0 Å². The molecular weight excluding hydrogens is 399 g/mol. The van der Waals surface area contributed by atoms with Crippen molar-refractivity contribution in [2.75, 3.05) is 31.1 Å². The molecule has 30 heavy (non-hydrogen) atoms. The van der Waals surface area contributed by atoms with E-state index in [1.165, 1.54) is 10.9 Å². The van der Waals surface area contributed by atoms with Crippen molar-refractivity contribution in [3.63, 3.8) is 0 Å². The van der Waals surface area contributed by atoms with Gasteiger partial charge >= 0.3 is 0 Å². The smallest absolute Gasteiger partial charge is 0.250 e. The van der Waals surface area contributed by atoms with Gasteiger partial charge in [-0.15, -0.1) is 11.3 Å². The third-order valence-corrected chi connectivity index (χ3v) is 6.39. The Morgan fingerprint density at radius 1 is 0.867 bits per heavy atom. The van der Waals surface area contributed by atoms with Crippen molar-refractivity contribution in [1.82, 2.24) is 25.1 Å². The Morgan fingerprint density at radius 2 is 1.63 bits per heavy atom. The second-order valence-corrected chi connectivity index (χ2v) is 8.40. The van der Waals surface area contributed by atoms with Gasteiger partial charge < -0.3 is 4.90 Å². The molecule has 2 aromatic heterocycles. The van der Waals surface area contributed by atoms with E-state index in [-0.39, 0.29) is 5.82 Å². The fraction of sp³-hybridized carbons (Fsp3) is 0.227. The molecule has 1 aliphatic heterocycles. The van der Waals surface area contributed by atoms with Crippen LogP contribution in [0.1, 0.15) is 4.88 Å². The van der Waals surface area contributed by atoms with Crippen LogP contribution < -0.4 is 4.90 Å². The molecule has 6 nitrogen and oxygen atoms in total. The summed E-state index contributed by atoms with van der Waals surface area (Å²) in [5, 5.41) is 12.3. The van der Waals surface area contributed by atoms with Crippen molar-refractivity contribution in [1.29, 1.82) is 0 Å². The van der Waals surface area contributed by atoms with E-state index in [1.54, 1.807) is 22.1 Å². The summed E-state index contributed by atoms with van der Waals surface area (Å²) < 4.78 is 15.8. The Morgan fingerprint density at radius 3 is 2.43 bits per heavy atom. The van der Waals surface area contributed by atoms with E-state index in [4.69, 9.17) is 0 Å². The molecule has 0 amide bonds. The Kier molecular flexibility index (Phi) is 5.25. The lowest BCUT2D eigenvalue weighted by molar-refractivity contribution is 0.250. The maximum atomic E-state index is 14.0. The number of tetrazole rings is 1. The lowest BCUT2D eigenvalue weighted by Crippen LogP contribution is -2.46. The summed E-state index contributed by atoms with van der Waals surface area (Å²) in [6.45, 7) is 4.44. The van der Waals surface area contributed by atoms with Crippen LogP contribution in [-0.4, -0.2) is 51.3 Å². The van der Waals surface area contributed by atoms with Gasteiger partial charge in [-0.2, -0.15) is 4.68 Å². The summed E-state index contributed by atoms with van der Waals surface area (Å²) in [6.07, 6.45) is 0. The SMILES string of the molecule is Fc1ccccc1-c1ccc(CN2CCN(c3nnnn3-c3ccccc3)CC2)s1. The van der Waals surface area contributed by atoms with Crippen LogP contribution in [0, 0.1) is 5.82 Å². The second kappa shape index (κ2) is 8.33. The van der Waals surface area contributed by atoms with Gasteiger partial charge in [-0.25, -0.2) is 4.39 Å². The molecule has 2 aromatic carbocycles. The van der Waals surface area contributed by atoms with Crippen LogP contribution in [0.2, 0.25) is 0 Å². The maximum Gasteiger partial charge on any atom is 0.250 e. The Hall–Kier alpha value is -3.10. The monoisotopic (exact) mass is 420 g/mol. The van der Waals surface area contributed by atoms with E-state index in [0.29, 0.717) is 5.56 Å². The molecule has 152 valence electrons. The van der Waals surface area contributed by atoms with Gasteiger partial charge in [0.05, 0.1) is 5.69 Å². The van der Waals surface area contributed by atoms with Crippen molar-refractivity contribution in [3.8, 4) is 16.1 Å². The van der Waals surface area contributed by atoms with Crippen LogP contribution >= 0.6 is 11.3 Å². The summed E-state index contributed by atoms with van der Waals surface area (Å²) >= 11 is 1.66. The van der Waals surface area contributed by atoms with Gasteiger partial charge in [-0.1, -0.05) is 41.5 Å². The van der Waals surface area contributed by atoms with Crippen LogP contribution in [0.5, 0.6) is 0 Å². The first kappa shape index (κ1) is 18.9. The lowest BCUT2D eigenvalue weighted by Gasteiger charge is -2.34. The van der Waals surface area contributed by atoms with Gasteiger partial charge in [0.1, 0.15) is 5.82 Å². The van der Waals surface area contributed by atoms with Crippen LogP contribution in [0.3, 0.4) is 0 Å². The molecular formula is C22H21FN6S. The highest BCUT2D eigenvalue weighted by atomic mass is 32.1. The third kappa shape index (κ3) is 3.83. The first-order valence-corrected chi connectivity index (χ1v) is 10.7. The number of nitrogens with zero attached hydrogens (tertiary/aromatic N) is 6. The second-order valence-electron chi connectivity index (χ2n) is 7.24. The molecule has 1 fully saturated rings. The van der Waals surface area contributed by atoms with Crippen molar-refractivity contribution in [2.45, 2.75) is 6.54 Å². The fourth-order valence-corrected chi connectivity index (χ4v) is 4.79. The van der Waals surface area contributed by atoms with Gasteiger partial charge in [-0.05, 0) is 40.8 Å². The molecule has 0 radical (unpaired) electrons. The van der Waals surface area contributed by atoms with Crippen molar-refractivity contribution in [2.24, 2.45) is 0 Å². The van der Waals surface area contributed by atoms with E-state index in [0.717, 1.165) is 49.2 Å². The normalized spacial score (nSPS) is 14.9. The molecule has 0 spiro atoms. The predicted molar refractivity (Wildman–Crippen MR) is 116 cm³/mol. The van der Waals surface area contributed by atoms with E-state index in [9.17, 15) is 4.39 Å². The van der Waals surface area contributed by atoms with Crippen LogP contribution in [0.15, 0.2) is 66.7 Å². The van der Waals surface area contributed by atoms with Crippen molar-refractivity contribution >= 4 is 17.3 Å². The quantitative estimate of drug-likeness (QED) is 0.491. The van der Waals surface area contributed by atoms with Crippen LogP contribution in [0.4, 0.5) is 10.3 Å². The molecule has 8 heteroatoms. The molecule has 0 atom stereocenters. The van der Waals surface area contributed by atoms with E-state index in [2.05, 4.69) is 31.4 Å². The molecule has 1 aliphatic rings. The minimum Gasteiger partial charge on any atom is -0.337 e. The van der Waals surface area contributed by atoms with Gasteiger partial charge in [0.2, 0.25) is 5.95 Å².